The molecule has 256 valence electrons. The normalized spacial score (nSPS) is 13.7. The van der Waals surface area contributed by atoms with Crippen molar-refractivity contribution in [3.8, 4) is 56.4 Å². The van der Waals surface area contributed by atoms with Gasteiger partial charge < -0.3 is 5.32 Å². The SMILES string of the molecule is c1ccc(C2=NC(c3ccccc3)NC(c3ccc(-c4ccc(-c5ccc(-c6nc(-c7ccccc7)nc(-c7ccccc7)n6)cc5)cc4)cc3)=N2)cc1. The molecule has 0 saturated carbocycles. The van der Waals surface area contributed by atoms with Crippen molar-refractivity contribution in [1.82, 2.24) is 20.3 Å². The van der Waals surface area contributed by atoms with Crippen LogP contribution in [0.2, 0.25) is 0 Å². The third-order valence-electron chi connectivity index (χ3n) is 9.44. The molecular weight excluding hydrogens is 661 g/mol. The lowest BCUT2D eigenvalue weighted by atomic mass is 9.98. The van der Waals surface area contributed by atoms with Gasteiger partial charge >= 0.3 is 0 Å². The van der Waals surface area contributed by atoms with Gasteiger partial charge in [-0.3, -0.25) is 0 Å². The van der Waals surface area contributed by atoms with Crippen LogP contribution in [0.25, 0.3) is 56.4 Å². The highest BCUT2D eigenvalue weighted by Crippen LogP contribution is 2.29. The van der Waals surface area contributed by atoms with Gasteiger partial charge in [0.15, 0.2) is 23.3 Å². The summed E-state index contributed by atoms with van der Waals surface area (Å²) in [5.74, 6) is 3.46. The summed E-state index contributed by atoms with van der Waals surface area (Å²) in [6.45, 7) is 0. The van der Waals surface area contributed by atoms with Gasteiger partial charge in [-0.05, 0) is 27.8 Å². The predicted octanol–water partition coefficient (Wildman–Crippen LogP) is 10.7. The maximum Gasteiger partial charge on any atom is 0.164 e. The topological polar surface area (TPSA) is 75.4 Å². The number of aliphatic imine (C=N–C) groups is 2. The lowest BCUT2D eigenvalue weighted by Crippen LogP contribution is -2.33. The maximum atomic E-state index is 4.96. The summed E-state index contributed by atoms with van der Waals surface area (Å²) >= 11 is 0. The Balaban J connectivity index is 0.948. The van der Waals surface area contributed by atoms with E-state index in [-0.39, 0.29) is 6.17 Å². The van der Waals surface area contributed by atoms with Crippen LogP contribution in [0.4, 0.5) is 0 Å². The summed E-state index contributed by atoms with van der Waals surface area (Å²) in [6.07, 6.45) is -0.231. The van der Waals surface area contributed by atoms with Crippen LogP contribution in [0, 0.1) is 0 Å². The van der Waals surface area contributed by atoms with Crippen LogP contribution in [0.1, 0.15) is 22.9 Å². The van der Waals surface area contributed by atoms with Crippen LogP contribution >= 0.6 is 0 Å². The molecule has 1 aromatic heterocycles. The fourth-order valence-electron chi connectivity index (χ4n) is 6.54. The van der Waals surface area contributed by atoms with Gasteiger partial charge in [0, 0.05) is 27.8 Å². The summed E-state index contributed by atoms with van der Waals surface area (Å²) < 4.78 is 0. The minimum absolute atomic E-state index is 0.231. The Morgan fingerprint density at radius 1 is 0.315 bits per heavy atom. The lowest BCUT2D eigenvalue weighted by molar-refractivity contribution is 0.674. The Morgan fingerprint density at radius 3 is 1.07 bits per heavy atom. The van der Waals surface area contributed by atoms with Gasteiger partial charge in [-0.25, -0.2) is 24.9 Å². The zero-order valence-corrected chi connectivity index (χ0v) is 29.3. The Bertz CT molecular complexity index is 2510. The molecule has 6 nitrogen and oxygen atoms in total. The Hall–Kier alpha value is -7.31. The lowest BCUT2D eigenvalue weighted by Gasteiger charge is -2.23. The number of hydrogen-bond acceptors (Lipinski definition) is 6. The molecule has 0 radical (unpaired) electrons. The highest BCUT2D eigenvalue weighted by molar-refractivity contribution is 6.13. The first kappa shape index (κ1) is 32.6. The van der Waals surface area contributed by atoms with E-state index in [1.54, 1.807) is 0 Å². The van der Waals surface area contributed by atoms with Crippen LogP contribution in [0.3, 0.4) is 0 Å². The highest BCUT2D eigenvalue weighted by Gasteiger charge is 2.21. The highest BCUT2D eigenvalue weighted by atomic mass is 15.2. The standard InChI is InChI=1S/C48H34N6/c1-5-13-37(14-6-1)43-49-44(38-15-7-2-8-16-38)52-47(51-43)41-29-25-35(26-30-41)33-21-23-34(24-22-33)36-27-31-42(32-28-36)48-53-45(39-17-9-3-10-18-39)50-46(54-48)40-19-11-4-12-20-40/h1-32,43H,(H,49,51,52). The largest absolute Gasteiger partial charge is 0.344 e. The van der Waals surface area contributed by atoms with Crippen LogP contribution < -0.4 is 5.32 Å². The van der Waals surface area contributed by atoms with Crippen molar-refractivity contribution in [2.24, 2.45) is 9.98 Å². The Morgan fingerprint density at radius 2 is 0.648 bits per heavy atom. The second-order valence-electron chi connectivity index (χ2n) is 13.0. The van der Waals surface area contributed by atoms with Crippen molar-refractivity contribution >= 4 is 11.7 Å². The van der Waals surface area contributed by atoms with Crippen LogP contribution in [0.5, 0.6) is 0 Å². The van der Waals surface area contributed by atoms with Crippen LogP contribution in [0.15, 0.2) is 204 Å². The van der Waals surface area contributed by atoms with Gasteiger partial charge in [0.1, 0.15) is 12.0 Å². The van der Waals surface area contributed by atoms with E-state index in [4.69, 9.17) is 24.9 Å². The van der Waals surface area contributed by atoms with Crippen molar-refractivity contribution < 1.29 is 0 Å². The Kier molecular flexibility index (Phi) is 8.89. The van der Waals surface area contributed by atoms with Gasteiger partial charge in [-0.15, -0.1) is 0 Å². The molecule has 1 unspecified atom stereocenters. The second-order valence-corrected chi connectivity index (χ2v) is 13.0. The molecule has 7 aromatic carbocycles. The first-order valence-electron chi connectivity index (χ1n) is 18.0. The van der Waals surface area contributed by atoms with E-state index in [1.807, 2.05) is 109 Å². The molecule has 8 aromatic rings. The Labute approximate surface area is 314 Å². The molecule has 0 fully saturated rings. The molecule has 1 aliphatic heterocycles. The van der Waals surface area contributed by atoms with Crippen molar-refractivity contribution in [3.63, 3.8) is 0 Å². The molecule has 0 aliphatic carbocycles. The molecule has 0 amide bonds. The van der Waals surface area contributed by atoms with Gasteiger partial charge in [0.25, 0.3) is 0 Å². The fourth-order valence-corrected chi connectivity index (χ4v) is 6.54. The van der Waals surface area contributed by atoms with E-state index < -0.39 is 0 Å². The molecule has 1 N–H and O–H groups in total. The molecule has 0 bridgehead atoms. The van der Waals surface area contributed by atoms with Crippen molar-refractivity contribution in [3.05, 3.63) is 211 Å². The second kappa shape index (κ2) is 14.7. The molecule has 0 saturated heterocycles. The van der Waals surface area contributed by atoms with Gasteiger partial charge in [-0.2, -0.15) is 0 Å². The number of benzene rings is 7. The van der Waals surface area contributed by atoms with Crippen LogP contribution in [-0.2, 0) is 0 Å². The zero-order chi connectivity index (χ0) is 36.1. The van der Waals surface area contributed by atoms with E-state index >= 15 is 0 Å². The molecule has 1 aliphatic rings. The molecular formula is C48H34N6. The quantitative estimate of drug-likeness (QED) is 0.172. The van der Waals surface area contributed by atoms with Crippen molar-refractivity contribution in [1.29, 1.82) is 0 Å². The number of amidine groups is 2. The van der Waals surface area contributed by atoms with E-state index in [0.717, 1.165) is 61.5 Å². The molecule has 1 atom stereocenters. The predicted molar refractivity (Wildman–Crippen MR) is 219 cm³/mol. The third kappa shape index (κ3) is 6.96. The monoisotopic (exact) mass is 694 g/mol. The van der Waals surface area contributed by atoms with E-state index in [1.165, 1.54) is 0 Å². The minimum atomic E-state index is -0.231. The van der Waals surface area contributed by atoms with E-state index in [2.05, 4.69) is 90.2 Å². The number of hydrogen-bond donors (Lipinski definition) is 1. The average molecular weight is 695 g/mol. The molecule has 2 heterocycles. The first-order valence-corrected chi connectivity index (χ1v) is 18.0. The number of aromatic nitrogens is 3. The maximum absolute atomic E-state index is 4.96. The fraction of sp³-hybridized carbons (Fsp3) is 0.0208. The summed E-state index contributed by atoms with van der Waals surface area (Å²) in [5, 5.41) is 3.56. The van der Waals surface area contributed by atoms with Gasteiger partial charge in [-0.1, -0.05) is 194 Å². The third-order valence-corrected chi connectivity index (χ3v) is 9.44. The number of rotatable bonds is 8. The van der Waals surface area contributed by atoms with Crippen LogP contribution in [-0.4, -0.2) is 26.6 Å². The number of nitrogens with one attached hydrogen (secondary N) is 1. The number of nitrogens with zero attached hydrogens (tertiary/aromatic N) is 5. The van der Waals surface area contributed by atoms with E-state index in [9.17, 15) is 0 Å². The minimum Gasteiger partial charge on any atom is -0.344 e. The van der Waals surface area contributed by atoms with E-state index in [0.29, 0.717) is 23.3 Å². The first-order chi connectivity index (χ1) is 26.7. The average Bonchev–Trinajstić information content (AvgIpc) is 3.27. The summed E-state index contributed by atoms with van der Waals surface area (Å²) in [7, 11) is 0. The van der Waals surface area contributed by atoms with Crippen molar-refractivity contribution in [2.75, 3.05) is 0 Å². The molecule has 6 heteroatoms. The zero-order valence-electron chi connectivity index (χ0n) is 29.3. The van der Waals surface area contributed by atoms with Gasteiger partial charge in [0.05, 0.1) is 0 Å². The summed E-state index contributed by atoms with van der Waals surface area (Å²) in [6, 6.07) is 66.1. The molecule has 54 heavy (non-hydrogen) atoms. The molecule has 0 spiro atoms. The molecule has 9 rings (SSSR count). The smallest absolute Gasteiger partial charge is 0.164 e. The summed E-state index contributed by atoms with van der Waals surface area (Å²) in [5.41, 5.74) is 10.4. The summed E-state index contributed by atoms with van der Waals surface area (Å²) in [4.78, 5) is 24.5. The van der Waals surface area contributed by atoms with Gasteiger partial charge in [0.2, 0.25) is 0 Å². The van der Waals surface area contributed by atoms with Crippen molar-refractivity contribution in [2.45, 2.75) is 6.17 Å².